The van der Waals surface area contributed by atoms with Crippen molar-refractivity contribution in [3.63, 3.8) is 0 Å². The molecule has 2 heterocycles. The number of carbonyl (C=O) groups excluding carboxylic acids is 2. The Kier molecular flexibility index (Phi) is 5.54. The van der Waals surface area contributed by atoms with Crippen LogP contribution in [0.15, 0.2) is 107 Å². The highest BCUT2D eigenvalue weighted by Crippen LogP contribution is 2.38. The molecule has 0 amide bonds. The molecule has 0 saturated heterocycles. The molecule has 5 aromatic rings. The number of allylic oxidation sites excluding steroid dienone is 1. The molecule has 0 unspecified atom stereocenters. The Morgan fingerprint density at radius 1 is 0.838 bits per heavy atom. The van der Waals surface area contributed by atoms with Crippen molar-refractivity contribution in [3.8, 4) is 28.6 Å². The zero-order valence-electron chi connectivity index (χ0n) is 19.8. The van der Waals surface area contributed by atoms with Crippen molar-refractivity contribution in [3.05, 3.63) is 120 Å². The molecule has 1 aromatic heterocycles. The molecule has 0 atom stereocenters. The molecule has 0 radical (unpaired) electrons. The fourth-order valence-corrected chi connectivity index (χ4v) is 4.29. The van der Waals surface area contributed by atoms with E-state index in [0.29, 0.717) is 33.8 Å². The van der Waals surface area contributed by atoms with Gasteiger partial charge in [-0.3, -0.25) is 4.79 Å². The number of esters is 1. The first-order chi connectivity index (χ1) is 18.1. The largest absolute Gasteiger partial charge is 0.497 e. The van der Waals surface area contributed by atoms with Crippen molar-refractivity contribution >= 4 is 28.8 Å². The smallest absolute Gasteiger partial charge is 0.348 e. The summed E-state index contributed by atoms with van der Waals surface area (Å²) >= 11 is 0. The van der Waals surface area contributed by atoms with E-state index < -0.39 is 5.97 Å². The molecular weight excluding hydrogens is 468 g/mol. The van der Waals surface area contributed by atoms with Gasteiger partial charge in [0.2, 0.25) is 5.78 Å². The molecule has 180 valence electrons. The van der Waals surface area contributed by atoms with E-state index in [1.807, 2.05) is 60.7 Å². The maximum absolute atomic E-state index is 13.5. The lowest BCUT2D eigenvalue weighted by molar-refractivity contribution is 0.0736. The van der Waals surface area contributed by atoms with Crippen LogP contribution in [0.1, 0.15) is 26.3 Å². The molecule has 37 heavy (non-hydrogen) atoms. The number of rotatable bonds is 5. The van der Waals surface area contributed by atoms with Crippen LogP contribution < -0.4 is 14.2 Å². The van der Waals surface area contributed by atoms with Crippen LogP contribution >= 0.6 is 0 Å². The van der Waals surface area contributed by atoms with Gasteiger partial charge in [0.25, 0.3) is 0 Å². The van der Waals surface area contributed by atoms with E-state index in [-0.39, 0.29) is 22.9 Å². The number of carbonyl (C=O) groups is 2. The van der Waals surface area contributed by atoms with Gasteiger partial charge < -0.3 is 18.6 Å². The molecule has 0 aliphatic carbocycles. The fraction of sp³-hybridized carbons (Fsp3) is 0.0323. The lowest BCUT2D eigenvalue weighted by Gasteiger charge is -2.07. The average molecular weight is 488 g/mol. The summed E-state index contributed by atoms with van der Waals surface area (Å²) in [7, 11) is 1.56. The van der Waals surface area contributed by atoms with Gasteiger partial charge in [0.05, 0.1) is 12.7 Å². The number of methoxy groups -OCH3 is 1. The second kappa shape index (κ2) is 9.17. The monoisotopic (exact) mass is 488 g/mol. The van der Waals surface area contributed by atoms with Gasteiger partial charge in [-0.1, -0.05) is 60.7 Å². The van der Waals surface area contributed by atoms with Crippen molar-refractivity contribution in [1.29, 1.82) is 0 Å². The molecule has 1 aliphatic heterocycles. The molecule has 4 aromatic carbocycles. The summed E-state index contributed by atoms with van der Waals surface area (Å²) < 4.78 is 23.0. The second-order valence-corrected chi connectivity index (χ2v) is 8.43. The van der Waals surface area contributed by atoms with Crippen LogP contribution in [-0.4, -0.2) is 18.9 Å². The van der Waals surface area contributed by atoms with Gasteiger partial charge in [0.1, 0.15) is 34.2 Å². The quantitative estimate of drug-likeness (QED) is 0.151. The van der Waals surface area contributed by atoms with Crippen LogP contribution in [0.25, 0.3) is 28.4 Å². The molecule has 6 rings (SSSR count). The number of ether oxygens (including phenoxy) is 3. The molecule has 1 aliphatic rings. The second-order valence-electron chi connectivity index (χ2n) is 8.43. The van der Waals surface area contributed by atoms with Gasteiger partial charge in [0.15, 0.2) is 5.76 Å². The van der Waals surface area contributed by atoms with E-state index in [1.54, 1.807) is 49.6 Å². The van der Waals surface area contributed by atoms with Crippen molar-refractivity contribution in [2.45, 2.75) is 0 Å². The molecule has 0 bridgehead atoms. The minimum absolute atomic E-state index is 0.212. The summed E-state index contributed by atoms with van der Waals surface area (Å²) in [5.74, 6) is 0.946. The highest BCUT2D eigenvalue weighted by atomic mass is 16.5. The third kappa shape index (κ3) is 4.15. The minimum Gasteiger partial charge on any atom is -0.497 e. The van der Waals surface area contributed by atoms with Crippen LogP contribution in [-0.2, 0) is 0 Å². The number of hydrogen-bond donors (Lipinski definition) is 0. The highest BCUT2D eigenvalue weighted by Gasteiger charge is 2.29. The number of furan rings is 1. The maximum Gasteiger partial charge on any atom is 0.348 e. The molecule has 0 saturated carbocycles. The molecule has 6 nitrogen and oxygen atoms in total. The normalized spacial score (nSPS) is 13.4. The van der Waals surface area contributed by atoms with Gasteiger partial charge in [0, 0.05) is 17.0 Å². The summed E-state index contributed by atoms with van der Waals surface area (Å²) in [6.45, 7) is 0. The summed E-state index contributed by atoms with van der Waals surface area (Å²) in [4.78, 5) is 26.3. The minimum atomic E-state index is -0.602. The Morgan fingerprint density at radius 3 is 2.32 bits per heavy atom. The zero-order chi connectivity index (χ0) is 25.4. The van der Waals surface area contributed by atoms with Crippen LogP contribution in [0.5, 0.6) is 17.2 Å². The third-order valence-electron chi connectivity index (χ3n) is 6.08. The summed E-state index contributed by atoms with van der Waals surface area (Å²) in [6.07, 6.45) is 1.69. The van der Waals surface area contributed by atoms with Crippen LogP contribution in [0.4, 0.5) is 0 Å². The Labute approximate surface area is 212 Å². The number of Topliss-reactive ketones (excluding diaryl/α,β-unsaturated/α-hetero) is 1. The standard InChI is InChI=1S/C31H20O6/c1-34-21-13-15-25-24(17-21)28(30(37-25)20-10-6-3-7-11-20)31(33)35-22-12-14-23-26(18-22)36-27(29(23)32)16-19-8-4-2-5-9-19/h2-18H,1H3/b27-16-. The molecule has 0 N–H and O–H groups in total. The number of ketones is 1. The predicted molar refractivity (Wildman–Crippen MR) is 139 cm³/mol. The predicted octanol–water partition coefficient (Wildman–Crippen LogP) is 6.94. The van der Waals surface area contributed by atoms with Crippen molar-refractivity contribution < 1.29 is 28.2 Å². The topological polar surface area (TPSA) is 75.0 Å². The molecule has 0 spiro atoms. The third-order valence-corrected chi connectivity index (χ3v) is 6.08. The van der Waals surface area contributed by atoms with Gasteiger partial charge in [-0.25, -0.2) is 4.79 Å². The van der Waals surface area contributed by atoms with E-state index >= 15 is 0 Å². The lowest BCUT2D eigenvalue weighted by atomic mass is 10.1. The average Bonchev–Trinajstić information content (AvgIpc) is 3.46. The van der Waals surface area contributed by atoms with Crippen molar-refractivity contribution in [1.82, 2.24) is 0 Å². The molecular formula is C31H20O6. The fourth-order valence-electron chi connectivity index (χ4n) is 4.29. The van der Waals surface area contributed by atoms with Gasteiger partial charge in [-0.2, -0.15) is 0 Å². The Balaban J connectivity index is 1.34. The lowest BCUT2D eigenvalue weighted by Crippen LogP contribution is -2.09. The first-order valence-corrected chi connectivity index (χ1v) is 11.6. The van der Waals surface area contributed by atoms with Crippen LogP contribution in [0.3, 0.4) is 0 Å². The van der Waals surface area contributed by atoms with Gasteiger partial charge in [-0.05, 0) is 42.0 Å². The van der Waals surface area contributed by atoms with Crippen molar-refractivity contribution in [2.24, 2.45) is 0 Å². The van der Waals surface area contributed by atoms with Crippen LogP contribution in [0, 0.1) is 0 Å². The van der Waals surface area contributed by atoms with E-state index in [2.05, 4.69) is 0 Å². The summed E-state index contributed by atoms with van der Waals surface area (Å²) in [5.41, 5.74) is 2.81. The first-order valence-electron chi connectivity index (χ1n) is 11.6. The summed E-state index contributed by atoms with van der Waals surface area (Å²) in [6, 6.07) is 28.8. The number of benzene rings is 4. The van der Waals surface area contributed by atoms with Crippen LogP contribution in [0.2, 0.25) is 0 Å². The highest BCUT2D eigenvalue weighted by molar-refractivity contribution is 6.15. The SMILES string of the molecule is COc1ccc2oc(-c3ccccc3)c(C(=O)Oc3ccc4c(c3)O/C(=C\c3ccccc3)C4=O)c2c1. The number of fused-ring (bicyclic) bond motifs is 2. The van der Waals surface area contributed by atoms with E-state index in [9.17, 15) is 9.59 Å². The zero-order valence-corrected chi connectivity index (χ0v) is 19.8. The van der Waals surface area contributed by atoms with E-state index in [4.69, 9.17) is 18.6 Å². The van der Waals surface area contributed by atoms with Gasteiger partial charge >= 0.3 is 5.97 Å². The Hall–Kier alpha value is -5.10. The van der Waals surface area contributed by atoms with Gasteiger partial charge in [-0.15, -0.1) is 0 Å². The number of hydrogen-bond acceptors (Lipinski definition) is 6. The Bertz CT molecular complexity index is 1680. The van der Waals surface area contributed by atoms with E-state index in [0.717, 1.165) is 11.1 Å². The maximum atomic E-state index is 13.5. The first kappa shape index (κ1) is 22.4. The Morgan fingerprint density at radius 2 is 1.57 bits per heavy atom. The van der Waals surface area contributed by atoms with Crippen molar-refractivity contribution in [2.75, 3.05) is 7.11 Å². The molecule has 0 fully saturated rings. The summed E-state index contributed by atoms with van der Waals surface area (Å²) in [5, 5.41) is 0.573. The molecule has 6 heteroatoms. The van der Waals surface area contributed by atoms with E-state index in [1.165, 1.54) is 0 Å².